The fourth-order valence-electron chi connectivity index (χ4n) is 2.62. The highest BCUT2D eigenvalue weighted by molar-refractivity contribution is 5.51. The first kappa shape index (κ1) is 13.1. The van der Waals surface area contributed by atoms with Crippen LogP contribution in [0.4, 0.5) is 11.5 Å². The molecule has 1 aliphatic carbocycles. The Balaban J connectivity index is 1.94. The van der Waals surface area contributed by atoms with Crippen LogP contribution < -0.4 is 10.6 Å². The zero-order valence-electron chi connectivity index (χ0n) is 11.1. The van der Waals surface area contributed by atoms with Gasteiger partial charge in [-0.05, 0) is 25.8 Å². The van der Waals surface area contributed by atoms with Gasteiger partial charge in [-0.25, -0.2) is 4.98 Å². The van der Waals surface area contributed by atoms with Crippen LogP contribution in [0.25, 0.3) is 0 Å². The number of anilines is 2. The third-order valence-electron chi connectivity index (χ3n) is 3.78. The highest BCUT2D eigenvalue weighted by atomic mass is 16.3. The van der Waals surface area contributed by atoms with Crippen LogP contribution in [-0.2, 0) is 0 Å². The van der Waals surface area contributed by atoms with Gasteiger partial charge in [0, 0.05) is 36.5 Å². The second-order valence-electron chi connectivity index (χ2n) is 5.18. The third-order valence-corrected chi connectivity index (χ3v) is 3.78. The lowest BCUT2D eigenvalue weighted by Gasteiger charge is -2.27. The molecule has 1 aliphatic rings. The summed E-state index contributed by atoms with van der Waals surface area (Å²) in [5, 5.41) is 16.2. The summed E-state index contributed by atoms with van der Waals surface area (Å²) in [5.41, 5.74) is 1.16. The summed E-state index contributed by atoms with van der Waals surface area (Å²) in [7, 11) is 0. The van der Waals surface area contributed by atoms with E-state index >= 15 is 0 Å². The van der Waals surface area contributed by atoms with Crippen molar-refractivity contribution in [1.29, 1.82) is 0 Å². The Morgan fingerprint density at radius 2 is 2.11 bits per heavy atom. The lowest BCUT2D eigenvalue weighted by molar-refractivity contribution is 0.142. The lowest BCUT2D eigenvalue weighted by Crippen LogP contribution is -2.30. The van der Waals surface area contributed by atoms with Crippen molar-refractivity contribution in [2.75, 3.05) is 30.3 Å². The predicted molar refractivity (Wildman–Crippen MR) is 74.9 cm³/mol. The summed E-state index contributed by atoms with van der Waals surface area (Å²) in [6.45, 7) is 4.06. The van der Waals surface area contributed by atoms with Gasteiger partial charge in [0.25, 0.3) is 0 Å². The largest absolute Gasteiger partial charge is 0.396 e. The summed E-state index contributed by atoms with van der Waals surface area (Å²) in [6, 6.07) is 3.99. The fraction of sp³-hybridized carbons (Fsp3) is 0.643. The minimum Gasteiger partial charge on any atom is -0.396 e. The van der Waals surface area contributed by atoms with Crippen LogP contribution >= 0.6 is 0 Å². The molecule has 1 fully saturated rings. The van der Waals surface area contributed by atoms with E-state index in [2.05, 4.69) is 22.5 Å². The number of aromatic nitrogens is 1. The molecule has 1 aromatic rings. The van der Waals surface area contributed by atoms with Gasteiger partial charge >= 0.3 is 0 Å². The van der Waals surface area contributed by atoms with Gasteiger partial charge < -0.3 is 15.7 Å². The molecule has 1 heterocycles. The highest BCUT2D eigenvalue weighted by Gasteiger charge is 2.32. The monoisotopic (exact) mass is 249 g/mol. The summed E-state index contributed by atoms with van der Waals surface area (Å²) >= 11 is 0. The number of hydrogen-bond acceptors (Lipinski definition) is 4. The van der Waals surface area contributed by atoms with Crippen LogP contribution in [-0.4, -0.2) is 29.8 Å². The van der Waals surface area contributed by atoms with Gasteiger partial charge in [0.15, 0.2) is 0 Å². The summed E-state index contributed by atoms with van der Waals surface area (Å²) in [4.78, 5) is 4.25. The maximum atomic E-state index is 9.57. The summed E-state index contributed by atoms with van der Waals surface area (Å²) in [6.07, 6.45) is 6.53. The van der Waals surface area contributed by atoms with Crippen molar-refractivity contribution in [3.8, 4) is 0 Å². The summed E-state index contributed by atoms with van der Waals surface area (Å²) < 4.78 is 0. The van der Waals surface area contributed by atoms with Crippen LogP contribution in [0.15, 0.2) is 18.3 Å². The van der Waals surface area contributed by atoms with Gasteiger partial charge in [0.1, 0.15) is 5.82 Å². The van der Waals surface area contributed by atoms with Crippen molar-refractivity contribution in [3.05, 3.63) is 18.3 Å². The highest BCUT2D eigenvalue weighted by Crippen LogP contribution is 2.37. The number of hydrogen-bond donors (Lipinski definition) is 3. The predicted octanol–water partition coefficient (Wildman–Crippen LogP) is 2.48. The molecule has 18 heavy (non-hydrogen) atoms. The van der Waals surface area contributed by atoms with Crippen molar-refractivity contribution in [3.63, 3.8) is 0 Å². The molecule has 0 atom stereocenters. The topological polar surface area (TPSA) is 57.2 Å². The SMILES string of the molecule is CCNc1cc(NCC2(CO)CCCC2)ccn1. The Kier molecular flexibility index (Phi) is 4.42. The smallest absolute Gasteiger partial charge is 0.127 e. The van der Waals surface area contributed by atoms with Crippen LogP contribution in [0.5, 0.6) is 0 Å². The van der Waals surface area contributed by atoms with E-state index < -0.39 is 0 Å². The van der Waals surface area contributed by atoms with Gasteiger partial charge in [-0.15, -0.1) is 0 Å². The average Bonchev–Trinajstić information content (AvgIpc) is 2.87. The minimum absolute atomic E-state index is 0.0849. The molecule has 4 heteroatoms. The second-order valence-corrected chi connectivity index (χ2v) is 5.18. The molecule has 0 aromatic carbocycles. The van der Waals surface area contributed by atoms with Crippen molar-refractivity contribution < 1.29 is 5.11 Å². The zero-order valence-corrected chi connectivity index (χ0v) is 11.1. The first-order valence-electron chi connectivity index (χ1n) is 6.83. The second kappa shape index (κ2) is 6.05. The Morgan fingerprint density at radius 1 is 1.33 bits per heavy atom. The van der Waals surface area contributed by atoms with Crippen molar-refractivity contribution in [2.45, 2.75) is 32.6 Å². The average molecular weight is 249 g/mol. The molecular weight excluding hydrogens is 226 g/mol. The molecular formula is C14H23N3O. The van der Waals surface area contributed by atoms with E-state index in [1.165, 1.54) is 12.8 Å². The van der Waals surface area contributed by atoms with Crippen molar-refractivity contribution >= 4 is 11.5 Å². The Hall–Kier alpha value is -1.29. The number of nitrogens with one attached hydrogen (secondary N) is 2. The number of aliphatic hydroxyl groups excluding tert-OH is 1. The van der Waals surface area contributed by atoms with Crippen LogP contribution in [0.3, 0.4) is 0 Å². The molecule has 4 nitrogen and oxygen atoms in total. The minimum atomic E-state index is 0.0849. The molecule has 0 aliphatic heterocycles. The van der Waals surface area contributed by atoms with Gasteiger partial charge in [0.2, 0.25) is 0 Å². The van der Waals surface area contributed by atoms with E-state index in [0.717, 1.165) is 37.4 Å². The first-order valence-corrected chi connectivity index (χ1v) is 6.83. The van der Waals surface area contributed by atoms with Gasteiger partial charge in [-0.2, -0.15) is 0 Å². The molecule has 0 unspecified atom stereocenters. The van der Waals surface area contributed by atoms with E-state index in [9.17, 15) is 5.11 Å². The molecule has 0 radical (unpaired) electrons. The standard InChI is InChI=1S/C14H23N3O/c1-2-15-13-9-12(5-8-16-13)17-10-14(11-18)6-3-4-7-14/h5,8-9,18H,2-4,6-7,10-11H2,1H3,(H2,15,16,17). The maximum absolute atomic E-state index is 9.57. The van der Waals surface area contributed by atoms with E-state index in [1.54, 1.807) is 6.20 Å². The molecule has 0 amide bonds. The molecule has 2 rings (SSSR count). The van der Waals surface area contributed by atoms with Crippen LogP contribution in [0.1, 0.15) is 32.6 Å². The number of rotatable bonds is 6. The molecule has 1 saturated carbocycles. The molecule has 0 bridgehead atoms. The number of aliphatic hydroxyl groups is 1. The van der Waals surface area contributed by atoms with Crippen molar-refractivity contribution in [1.82, 2.24) is 4.98 Å². The molecule has 1 aromatic heterocycles. The van der Waals surface area contributed by atoms with Gasteiger partial charge in [-0.1, -0.05) is 12.8 Å². The van der Waals surface area contributed by atoms with Crippen LogP contribution in [0, 0.1) is 5.41 Å². The Bertz CT molecular complexity index is 375. The van der Waals surface area contributed by atoms with Crippen LogP contribution in [0.2, 0.25) is 0 Å². The summed E-state index contributed by atoms with van der Waals surface area (Å²) in [5.74, 6) is 0.895. The Morgan fingerprint density at radius 3 is 2.78 bits per heavy atom. The van der Waals surface area contributed by atoms with E-state index in [1.807, 2.05) is 12.1 Å². The third kappa shape index (κ3) is 3.13. The Labute approximate surface area is 109 Å². The quantitative estimate of drug-likeness (QED) is 0.725. The van der Waals surface area contributed by atoms with Gasteiger partial charge in [-0.3, -0.25) is 0 Å². The molecule has 0 spiro atoms. The van der Waals surface area contributed by atoms with E-state index in [4.69, 9.17) is 0 Å². The number of nitrogens with zero attached hydrogens (tertiary/aromatic N) is 1. The van der Waals surface area contributed by atoms with Crippen molar-refractivity contribution in [2.24, 2.45) is 5.41 Å². The molecule has 0 saturated heterocycles. The zero-order chi connectivity index (χ0) is 12.8. The first-order chi connectivity index (χ1) is 8.78. The number of pyridine rings is 1. The maximum Gasteiger partial charge on any atom is 0.127 e. The normalized spacial score (nSPS) is 17.7. The lowest BCUT2D eigenvalue weighted by atomic mass is 9.87. The van der Waals surface area contributed by atoms with Gasteiger partial charge in [0.05, 0.1) is 6.61 Å². The molecule has 100 valence electrons. The van der Waals surface area contributed by atoms with E-state index in [-0.39, 0.29) is 12.0 Å². The molecule has 3 N–H and O–H groups in total. The van der Waals surface area contributed by atoms with E-state index in [0.29, 0.717) is 0 Å². The fourth-order valence-corrected chi connectivity index (χ4v) is 2.62.